The van der Waals surface area contributed by atoms with E-state index >= 15 is 0 Å². The number of carbonyl (C=O) groups excluding carboxylic acids is 4. The van der Waals surface area contributed by atoms with Gasteiger partial charge in [0, 0.05) is 17.6 Å². The van der Waals surface area contributed by atoms with Crippen molar-refractivity contribution < 1.29 is 38.1 Å². The highest BCUT2D eigenvalue weighted by Gasteiger charge is 2.32. The molecular weight excluding hydrogens is 552 g/mol. The summed E-state index contributed by atoms with van der Waals surface area (Å²) in [7, 11) is 0. The summed E-state index contributed by atoms with van der Waals surface area (Å²) in [5, 5.41) is 0.771. The third kappa shape index (κ3) is 11.1. The van der Waals surface area contributed by atoms with Gasteiger partial charge in [0.25, 0.3) is 0 Å². The summed E-state index contributed by atoms with van der Waals surface area (Å²) < 4.78 is 23.4. The lowest BCUT2D eigenvalue weighted by atomic mass is 10.0. The van der Waals surface area contributed by atoms with E-state index in [4.69, 9.17) is 18.9 Å². The Labute approximate surface area is 255 Å². The second kappa shape index (κ2) is 14.1. The summed E-state index contributed by atoms with van der Waals surface area (Å²) in [5.74, 6) is -0.370. The molecule has 2 aromatic rings. The molecule has 0 aliphatic rings. The maximum Gasteiger partial charge on any atom is 0.419 e. The lowest BCUT2D eigenvalue weighted by Crippen LogP contribution is -2.44. The van der Waals surface area contributed by atoms with Crippen LogP contribution in [-0.2, 0) is 36.6 Å². The highest BCUT2D eigenvalue weighted by Crippen LogP contribution is 2.30. The quantitative estimate of drug-likeness (QED) is 0.164. The first-order chi connectivity index (χ1) is 19.7. The van der Waals surface area contributed by atoms with Crippen molar-refractivity contribution in [3.8, 4) is 0 Å². The number of fused-ring (bicyclic) bond motifs is 1. The van der Waals surface area contributed by atoms with Gasteiger partial charge in [0.2, 0.25) is 0 Å². The molecule has 0 radical (unpaired) electrons. The Bertz CT molecular complexity index is 1310. The molecule has 10 nitrogen and oxygen atoms in total. The maximum absolute atomic E-state index is 13.6. The standard InChI is InChI=1S/C33H48N2O8/c1-12-40-27(36)21-22(2)17-18-26-24(23-15-13-14-16-25(23)35(26)30(39)43-33(9,10)11)19-20-34(28(37)41-31(3,4)5)29(38)42-32(6,7)8/h13-16H,2,12,17-21H2,1,3-11H3. The second-order valence-corrected chi connectivity index (χ2v) is 13.4. The molecule has 1 heterocycles. The summed E-state index contributed by atoms with van der Waals surface area (Å²) in [6.45, 7) is 21.7. The molecule has 0 bridgehead atoms. The Balaban J connectivity index is 2.58. The monoisotopic (exact) mass is 600 g/mol. The molecule has 10 heteroatoms. The van der Waals surface area contributed by atoms with Gasteiger partial charge in [-0.25, -0.2) is 23.9 Å². The van der Waals surface area contributed by atoms with Gasteiger partial charge in [0.15, 0.2) is 0 Å². The Morgan fingerprint density at radius 3 is 1.86 bits per heavy atom. The van der Waals surface area contributed by atoms with Crippen LogP contribution in [0.5, 0.6) is 0 Å². The molecule has 0 saturated heterocycles. The zero-order chi connectivity index (χ0) is 32.8. The van der Waals surface area contributed by atoms with Crippen molar-refractivity contribution in [2.75, 3.05) is 13.2 Å². The molecule has 0 saturated carbocycles. The number of amides is 2. The molecular formula is C33H48N2O8. The number of ether oxygens (including phenoxy) is 4. The number of aromatic nitrogens is 1. The first-order valence-corrected chi connectivity index (χ1v) is 14.6. The van der Waals surface area contributed by atoms with Crippen LogP contribution in [0.15, 0.2) is 36.4 Å². The van der Waals surface area contributed by atoms with Crippen LogP contribution in [0.25, 0.3) is 10.9 Å². The van der Waals surface area contributed by atoms with Gasteiger partial charge in [-0.1, -0.05) is 30.4 Å². The number of benzene rings is 1. The van der Waals surface area contributed by atoms with Crippen molar-refractivity contribution >= 4 is 35.2 Å². The van der Waals surface area contributed by atoms with Crippen molar-refractivity contribution in [3.63, 3.8) is 0 Å². The van der Waals surface area contributed by atoms with E-state index in [9.17, 15) is 19.2 Å². The van der Waals surface area contributed by atoms with E-state index in [-0.39, 0.29) is 32.0 Å². The lowest BCUT2D eigenvalue weighted by molar-refractivity contribution is -0.142. The van der Waals surface area contributed by atoms with Crippen LogP contribution in [0.2, 0.25) is 0 Å². The Morgan fingerprint density at radius 2 is 1.35 bits per heavy atom. The third-order valence-corrected chi connectivity index (χ3v) is 5.89. The Kier molecular flexibility index (Phi) is 11.6. The van der Waals surface area contributed by atoms with Gasteiger partial charge in [0.05, 0.1) is 18.5 Å². The summed E-state index contributed by atoms with van der Waals surface area (Å²) in [6.07, 6.45) is -1.22. The van der Waals surface area contributed by atoms with E-state index in [1.807, 2.05) is 24.3 Å². The highest BCUT2D eigenvalue weighted by atomic mass is 16.6. The first kappa shape index (κ1) is 35.4. The van der Waals surface area contributed by atoms with Crippen molar-refractivity contribution in [2.24, 2.45) is 0 Å². The van der Waals surface area contributed by atoms with Gasteiger partial charge < -0.3 is 18.9 Å². The predicted octanol–water partition coefficient (Wildman–Crippen LogP) is 7.58. The van der Waals surface area contributed by atoms with Gasteiger partial charge in [-0.05, 0) is 100 Å². The van der Waals surface area contributed by atoms with E-state index in [2.05, 4.69) is 6.58 Å². The van der Waals surface area contributed by atoms with Crippen LogP contribution in [0.1, 0.15) is 93.3 Å². The van der Waals surface area contributed by atoms with Crippen molar-refractivity contribution in [1.29, 1.82) is 0 Å². The number of imide groups is 1. The van der Waals surface area contributed by atoms with Gasteiger partial charge in [-0.2, -0.15) is 0 Å². The molecule has 238 valence electrons. The molecule has 0 fully saturated rings. The highest BCUT2D eigenvalue weighted by molar-refractivity contribution is 5.94. The topological polar surface area (TPSA) is 113 Å². The van der Waals surface area contributed by atoms with Gasteiger partial charge >= 0.3 is 24.2 Å². The van der Waals surface area contributed by atoms with Crippen LogP contribution < -0.4 is 0 Å². The Morgan fingerprint density at radius 1 is 0.814 bits per heavy atom. The number of carbonyl (C=O) groups is 4. The fraction of sp³-hybridized carbons (Fsp3) is 0.576. The first-order valence-electron chi connectivity index (χ1n) is 14.6. The molecule has 0 spiro atoms. The zero-order valence-corrected chi connectivity index (χ0v) is 27.4. The van der Waals surface area contributed by atoms with E-state index in [1.165, 1.54) is 4.57 Å². The number of nitrogens with zero attached hydrogens (tertiary/aromatic N) is 2. The van der Waals surface area contributed by atoms with Crippen molar-refractivity contribution in [1.82, 2.24) is 9.47 Å². The molecule has 0 atom stereocenters. The molecule has 43 heavy (non-hydrogen) atoms. The van der Waals surface area contributed by atoms with Gasteiger partial charge in [0.1, 0.15) is 16.8 Å². The average Bonchev–Trinajstić information content (AvgIpc) is 3.13. The van der Waals surface area contributed by atoms with Crippen molar-refractivity contribution in [2.45, 2.75) is 112 Å². The van der Waals surface area contributed by atoms with Crippen LogP contribution in [0.4, 0.5) is 14.4 Å². The Hall–Kier alpha value is -3.82. The van der Waals surface area contributed by atoms with E-state index in [0.717, 1.165) is 15.8 Å². The minimum atomic E-state index is -0.839. The number of hydrogen-bond acceptors (Lipinski definition) is 8. The van der Waals surface area contributed by atoms with E-state index < -0.39 is 35.1 Å². The molecule has 2 amide bonds. The summed E-state index contributed by atoms with van der Waals surface area (Å²) in [4.78, 5) is 52.9. The predicted molar refractivity (Wildman–Crippen MR) is 165 cm³/mol. The van der Waals surface area contributed by atoms with Crippen molar-refractivity contribution in [3.05, 3.63) is 47.7 Å². The largest absolute Gasteiger partial charge is 0.466 e. The average molecular weight is 601 g/mol. The summed E-state index contributed by atoms with van der Waals surface area (Å²) in [6, 6.07) is 7.38. The number of esters is 1. The molecule has 0 unspecified atom stereocenters. The fourth-order valence-electron chi connectivity index (χ4n) is 4.33. The fourth-order valence-corrected chi connectivity index (χ4v) is 4.33. The SMILES string of the molecule is C=C(CCc1c(CCN(C(=O)OC(C)(C)C)C(=O)OC(C)(C)C)c2ccccc2n1C(=O)OC(C)(C)C)CC(=O)OCC. The number of rotatable bonds is 9. The van der Waals surface area contributed by atoms with Gasteiger partial charge in [-0.15, -0.1) is 0 Å². The molecule has 0 aliphatic heterocycles. The second-order valence-electron chi connectivity index (χ2n) is 13.4. The number of para-hydroxylation sites is 1. The smallest absolute Gasteiger partial charge is 0.419 e. The van der Waals surface area contributed by atoms with Crippen LogP contribution in [0, 0.1) is 0 Å². The van der Waals surface area contributed by atoms with E-state index in [0.29, 0.717) is 29.6 Å². The summed E-state index contributed by atoms with van der Waals surface area (Å²) >= 11 is 0. The minimum Gasteiger partial charge on any atom is -0.466 e. The maximum atomic E-state index is 13.6. The molecule has 1 aromatic heterocycles. The molecule has 0 N–H and O–H groups in total. The van der Waals surface area contributed by atoms with Gasteiger partial charge in [-0.3, -0.25) is 4.79 Å². The normalized spacial score (nSPS) is 12.0. The lowest BCUT2D eigenvalue weighted by Gasteiger charge is -2.28. The third-order valence-electron chi connectivity index (χ3n) is 5.89. The molecule has 1 aromatic carbocycles. The van der Waals surface area contributed by atoms with Crippen LogP contribution in [0.3, 0.4) is 0 Å². The zero-order valence-electron chi connectivity index (χ0n) is 27.4. The van der Waals surface area contributed by atoms with Crippen LogP contribution >= 0.6 is 0 Å². The minimum absolute atomic E-state index is 0.0565. The summed E-state index contributed by atoms with van der Waals surface area (Å²) in [5.41, 5.74) is 0.227. The molecule has 0 aliphatic carbocycles. The number of hydrogen-bond donors (Lipinski definition) is 0. The molecule has 2 rings (SSSR count). The van der Waals surface area contributed by atoms with Crippen LogP contribution in [-0.4, -0.2) is 63.7 Å². The van der Waals surface area contributed by atoms with E-state index in [1.54, 1.807) is 69.2 Å².